The number of hydrogen-bond donors (Lipinski definition) is 0. The SMILES string of the molecule is CC(C)CCC[C@@H](C)[C@H]1CC[C@H]2[C@@H]3CC=C4C[C@@H](SC#N)CC[C@]4(C)[C@H]3CC[C@]12C. The molecule has 3 saturated carbocycles. The molecule has 0 amide bonds. The van der Waals surface area contributed by atoms with E-state index in [1.54, 1.807) is 5.57 Å². The molecular weight excluding hydrogens is 382 g/mol. The summed E-state index contributed by atoms with van der Waals surface area (Å²) in [4.78, 5) is 0. The first-order valence-electron chi connectivity index (χ1n) is 13.0. The van der Waals surface area contributed by atoms with Crippen molar-refractivity contribution in [3.05, 3.63) is 11.6 Å². The molecule has 2 heteroatoms. The van der Waals surface area contributed by atoms with Crippen molar-refractivity contribution in [1.29, 1.82) is 5.26 Å². The maximum absolute atomic E-state index is 9.14. The van der Waals surface area contributed by atoms with E-state index in [2.05, 4.69) is 46.1 Å². The molecule has 0 radical (unpaired) electrons. The Bertz CT molecular complexity index is 689. The summed E-state index contributed by atoms with van der Waals surface area (Å²) in [6.07, 6.45) is 17.9. The van der Waals surface area contributed by atoms with E-state index in [4.69, 9.17) is 5.26 Å². The lowest BCUT2D eigenvalue weighted by Crippen LogP contribution is -2.50. The molecule has 1 nitrogen and oxygen atoms in total. The second-order valence-corrected chi connectivity index (χ2v) is 13.4. The lowest BCUT2D eigenvalue weighted by atomic mass is 9.47. The number of rotatable bonds is 6. The largest absolute Gasteiger partial charge is 0.185 e. The fourth-order valence-electron chi connectivity index (χ4n) is 8.83. The normalized spacial score (nSPS) is 43.9. The molecule has 0 aromatic carbocycles. The van der Waals surface area contributed by atoms with Crippen LogP contribution in [0.2, 0.25) is 0 Å². The van der Waals surface area contributed by atoms with Crippen molar-refractivity contribution in [2.24, 2.45) is 46.3 Å². The zero-order chi connectivity index (χ0) is 21.5. The number of allylic oxidation sites excluding steroid dienone is 2. The molecule has 0 aromatic rings. The monoisotopic (exact) mass is 427 g/mol. The van der Waals surface area contributed by atoms with Gasteiger partial charge in [0.1, 0.15) is 5.40 Å². The third-order valence-corrected chi connectivity index (χ3v) is 11.3. The minimum atomic E-state index is 0.428. The van der Waals surface area contributed by atoms with Crippen molar-refractivity contribution in [3.8, 4) is 5.40 Å². The van der Waals surface area contributed by atoms with Gasteiger partial charge < -0.3 is 0 Å². The van der Waals surface area contributed by atoms with Crippen molar-refractivity contribution in [2.45, 2.75) is 110 Å². The maximum atomic E-state index is 9.14. The number of hydrogen-bond acceptors (Lipinski definition) is 2. The molecule has 0 aromatic heterocycles. The van der Waals surface area contributed by atoms with Gasteiger partial charge in [-0.2, -0.15) is 5.26 Å². The molecule has 0 saturated heterocycles. The van der Waals surface area contributed by atoms with Gasteiger partial charge in [-0.3, -0.25) is 0 Å². The summed E-state index contributed by atoms with van der Waals surface area (Å²) in [5, 5.41) is 12.0. The summed E-state index contributed by atoms with van der Waals surface area (Å²) in [7, 11) is 0. The van der Waals surface area contributed by atoms with Crippen LogP contribution >= 0.6 is 11.8 Å². The summed E-state index contributed by atoms with van der Waals surface area (Å²) in [5.41, 5.74) is 2.74. The first-order chi connectivity index (χ1) is 14.3. The third kappa shape index (κ3) is 3.91. The Morgan fingerprint density at radius 1 is 1.07 bits per heavy atom. The predicted molar refractivity (Wildman–Crippen MR) is 130 cm³/mol. The number of fused-ring (bicyclic) bond motifs is 5. The van der Waals surface area contributed by atoms with E-state index in [1.165, 1.54) is 82.4 Å². The highest BCUT2D eigenvalue weighted by Crippen LogP contribution is 2.67. The first kappa shape index (κ1) is 22.8. The van der Waals surface area contributed by atoms with Crippen molar-refractivity contribution in [3.63, 3.8) is 0 Å². The van der Waals surface area contributed by atoms with Gasteiger partial charge in [0, 0.05) is 5.25 Å². The lowest BCUT2D eigenvalue weighted by Gasteiger charge is -2.58. The van der Waals surface area contributed by atoms with Crippen LogP contribution in [0.1, 0.15) is 105 Å². The topological polar surface area (TPSA) is 23.8 Å². The minimum Gasteiger partial charge on any atom is -0.185 e. The Hall–Kier alpha value is -0.420. The molecule has 0 aliphatic heterocycles. The van der Waals surface area contributed by atoms with Gasteiger partial charge in [-0.25, -0.2) is 0 Å². The van der Waals surface area contributed by atoms with Crippen molar-refractivity contribution >= 4 is 11.8 Å². The third-order valence-electron chi connectivity index (χ3n) is 10.5. The van der Waals surface area contributed by atoms with Crippen LogP contribution in [0.4, 0.5) is 0 Å². The van der Waals surface area contributed by atoms with Gasteiger partial charge in [0.25, 0.3) is 0 Å². The molecule has 0 unspecified atom stereocenters. The Balaban J connectivity index is 1.48. The molecule has 4 rings (SSSR count). The van der Waals surface area contributed by atoms with Crippen LogP contribution in [0, 0.1) is 57.0 Å². The van der Waals surface area contributed by atoms with Gasteiger partial charge in [0.05, 0.1) is 0 Å². The number of thioether (sulfide) groups is 1. The number of nitriles is 1. The lowest BCUT2D eigenvalue weighted by molar-refractivity contribution is -0.0497. The minimum absolute atomic E-state index is 0.428. The van der Waals surface area contributed by atoms with Gasteiger partial charge >= 0.3 is 0 Å². The molecule has 0 N–H and O–H groups in total. The molecule has 0 heterocycles. The van der Waals surface area contributed by atoms with Crippen LogP contribution < -0.4 is 0 Å². The number of nitrogens with zero attached hydrogens (tertiary/aromatic N) is 1. The predicted octanol–water partition coefficient (Wildman–Crippen LogP) is 8.61. The van der Waals surface area contributed by atoms with Crippen LogP contribution in [0.5, 0.6) is 0 Å². The van der Waals surface area contributed by atoms with Crippen LogP contribution in [0.3, 0.4) is 0 Å². The van der Waals surface area contributed by atoms with E-state index in [-0.39, 0.29) is 0 Å². The quantitative estimate of drug-likeness (QED) is 0.313. The highest BCUT2D eigenvalue weighted by molar-refractivity contribution is 8.04. The highest BCUT2D eigenvalue weighted by atomic mass is 32.2. The molecule has 3 fully saturated rings. The first-order valence-corrected chi connectivity index (χ1v) is 13.9. The Morgan fingerprint density at radius 2 is 1.87 bits per heavy atom. The van der Waals surface area contributed by atoms with Crippen molar-refractivity contribution < 1.29 is 0 Å². The van der Waals surface area contributed by atoms with Gasteiger partial charge in [-0.05, 0) is 109 Å². The molecule has 0 spiro atoms. The van der Waals surface area contributed by atoms with Crippen LogP contribution in [-0.2, 0) is 0 Å². The molecular formula is C28H45NS. The molecule has 4 aliphatic carbocycles. The average molecular weight is 428 g/mol. The van der Waals surface area contributed by atoms with Crippen LogP contribution in [-0.4, -0.2) is 5.25 Å². The average Bonchev–Trinajstić information content (AvgIpc) is 3.05. The van der Waals surface area contributed by atoms with E-state index in [1.807, 2.05) is 0 Å². The van der Waals surface area contributed by atoms with E-state index in [0.717, 1.165) is 35.5 Å². The summed E-state index contributed by atoms with van der Waals surface area (Å²) < 4.78 is 0. The smallest absolute Gasteiger partial charge is 0.133 e. The fourth-order valence-corrected chi connectivity index (χ4v) is 9.47. The van der Waals surface area contributed by atoms with Crippen LogP contribution in [0.15, 0.2) is 11.6 Å². The Morgan fingerprint density at radius 3 is 2.60 bits per heavy atom. The summed E-state index contributed by atoms with van der Waals surface area (Å²) in [5.74, 6) is 5.49. The molecule has 30 heavy (non-hydrogen) atoms. The van der Waals surface area contributed by atoms with E-state index >= 15 is 0 Å². The fraction of sp³-hybridized carbons (Fsp3) is 0.893. The molecule has 4 aliphatic rings. The number of thiocyanates is 1. The highest BCUT2D eigenvalue weighted by Gasteiger charge is 2.59. The van der Waals surface area contributed by atoms with E-state index in [9.17, 15) is 0 Å². The van der Waals surface area contributed by atoms with Crippen molar-refractivity contribution in [1.82, 2.24) is 0 Å². The van der Waals surface area contributed by atoms with E-state index < -0.39 is 0 Å². The van der Waals surface area contributed by atoms with Gasteiger partial charge in [0.2, 0.25) is 0 Å². The standard InChI is InChI=1S/C28H45NS/c1-19(2)7-6-8-20(3)24-11-12-25-23-10-9-21-17-22(30-18-29)13-15-27(21,4)26(23)14-16-28(24,25)5/h9,19-20,22-26H,6-8,10-17H2,1-5H3/t20-,22+,23+,24-,25+,26+,27+,28-/m1/s1. The Labute approximate surface area is 190 Å². The molecule has 0 bridgehead atoms. The summed E-state index contributed by atoms with van der Waals surface area (Å²) >= 11 is 1.53. The maximum Gasteiger partial charge on any atom is 0.133 e. The molecule has 168 valence electrons. The van der Waals surface area contributed by atoms with Crippen LogP contribution in [0.25, 0.3) is 0 Å². The van der Waals surface area contributed by atoms with E-state index in [0.29, 0.717) is 16.1 Å². The Kier molecular flexibility index (Phi) is 6.71. The summed E-state index contributed by atoms with van der Waals surface area (Å²) in [6, 6.07) is 0. The van der Waals surface area contributed by atoms with Crippen molar-refractivity contribution in [2.75, 3.05) is 0 Å². The zero-order valence-corrected chi connectivity index (χ0v) is 21.1. The van der Waals surface area contributed by atoms with Gasteiger partial charge in [-0.15, -0.1) is 0 Å². The van der Waals surface area contributed by atoms with Gasteiger partial charge in [0.15, 0.2) is 0 Å². The second kappa shape index (κ2) is 8.84. The zero-order valence-electron chi connectivity index (χ0n) is 20.3. The summed E-state index contributed by atoms with van der Waals surface area (Å²) in [6.45, 7) is 12.6. The second-order valence-electron chi connectivity index (χ2n) is 12.4. The van der Waals surface area contributed by atoms with Gasteiger partial charge in [-0.1, -0.05) is 65.5 Å². The molecule has 8 atom stereocenters.